The van der Waals surface area contributed by atoms with Crippen LogP contribution in [0.1, 0.15) is 5.69 Å². The summed E-state index contributed by atoms with van der Waals surface area (Å²) in [6, 6.07) is 4.24. The molecule has 2 rings (SSSR count). The van der Waals surface area contributed by atoms with Crippen molar-refractivity contribution in [2.45, 2.75) is 6.54 Å². The van der Waals surface area contributed by atoms with Gasteiger partial charge in [0.05, 0.1) is 28.0 Å². The Hall–Kier alpha value is -1.26. The molecule has 0 aliphatic heterocycles. The molecule has 0 fully saturated rings. The lowest BCUT2D eigenvalue weighted by atomic mass is 10.3. The molecule has 2 N–H and O–H groups in total. The molecule has 0 aliphatic carbocycles. The zero-order chi connectivity index (χ0) is 11.5. The zero-order valence-corrected chi connectivity index (χ0v) is 9.61. The van der Waals surface area contributed by atoms with Crippen molar-refractivity contribution in [1.82, 2.24) is 10.2 Å². The van der Waals surface area contributed by atoms with Crippen LogP contribution in [0.4, 0.5) is 10.1 Å². The molecule has 3 nitrogen and oxygen atoms in total. The summed E-state index contributed by atoms with van der Waals surface area (Å²) in [5.41, 5.74) is 1.40. The maximum atomic E-state index is 12.9. The van der Waals surface area contributed by atoms with Crippen LogP contribution < -0.4 is 5.32 Å². The molecule has 6 heteroatoms. The SMILES string of the molecule is Fc1cc(Cl)c(NCc2ccn[nH]2)c(Cl)c1. The molecule has 84 valence electrons. The third kappa shape index (κ3) is 2.46. The highest BCUT2D eigenvalue weighted by atomic mass is 35.5. The van der Waals surface area contributed by atoms with Crippen molar-refractivity contribution in [1.29, 1.82) is 0 Å². The number of halogens is 3. The lowest BCUT2D eigenvalue weighted by Crippen LogP contribution is -2.01. The van der Waals surface area contributed by atoms with Gasteiger partial charge in [-0.25, -0.2) is 4.39 Å². The lowest BCUT2D eigenvalue weighted by Gasteiger charge is -2.09. The Balaban J connectivity index is 2.15. The molecule has 1 heterocycles. The molecule has 0 saturated carbocycles. The van der Waals surface area contributed by atoms with E-state index in [1.807, 2.05) is 6.07 Å². The van der Waals surface area contributed by atoms with Crippen molar-refractivity contribution < 1.29 is 4.39 Å². The second-order valence-electron chi connectivity index (χ2n) is 3.18. The van der Waals surface area contributed by atoms with E-state index in [4.69, 9.17) is 23.2 Å². The lowest BCUT2D eigenvalue weighted by molar-refractivity contribution is 0.628. The van der Waals surface area contributed by atoms with Crippen molar-refractivity contribution >= 4 is 28.9 Å². The van der Waals surface area contributed by atoms with Gasteiger partial charge in [0, 0.05) is 6.20 Å². The van der Waals surface area contributed by atoms with E-state index < -0.39 is 5.82 Å². The Bertz CT molecular complexity index is 462. The molecule has 1 aromatic carbocycles. The Morgan fingerprint density at radius 1 is 1.31 bits per heavy atom. The van der Waals surface area contributed by atoms with E-state index in [9.17, 15) is 4.39 Å². The minimum absolute atomic E-state index is 0.254. The Kier molecular flexibility index (Phi) is 3.31. The van der Waals surface area contributed by atoms with Crippen molar-refractivity contribution in [2.24, 2.45) is 0 Å². The molecule has 0 saturated heterocycles. The second-order valence-corrected chi connectivity index (χ2v) is 3.99. The highest BCUT2D eigenvalue weighted by molar-refractivity contribution is 6.39. The van der Waals surface area contributed by atoms with Crippen LogP contribution in [-0.4, -0.2) is 10.2 Å². The van der Waals surface area contributed by atoms with E-state index in [1.54, 1.807) is 6.20 Å². The van der Waals surface area contributed by atoms with Gasteiger partial charge < -0.3 is 5.32 Å². The molecule has 2 aromatic rings. The minimum Gasteiger partial charge on any atom is -0.377 e. The Labute approximate surface area is 102 Å². The number of aromatic nitrogens is 2. The highest BCUT2D eigenvalue weighted by Crippen LogP contribution is 2.31. The molecule has 1 aromatic heterocycles. The number of nitrogens with one attached hydrogen (secondary N) is 2. The average Bonchev–Trinajstić information content (AvgIpc) is 2.68. The van der Waals surface area contributed by atoms with Gasteiger partial charge in [-0.15, -0.1) is 0 Å². The molecule has 0 amide bonds. The Morgan fingerprint density at radius 2 is 2.00 bits per heavy atom. The molecule has 16 heavy (non-hydrogen) atoms. The van der Waals surface area contributed by atoms with Gasteiger partial charge in [-0.3, -0.25) is 5.10 Å². The van der Waals surface area contributed by atoms with Crippen LogP contribution in [0, 0.1) is 5.82 Å². The molecule has 0 bridgehead atoms. The van der Waals surface area contributed by atoms with Crippen molar-refractivity contribution in [2.75, 3.05) is 5.32 Å². The van der Waals surface area contributed by atoms with Gasteiger partial charge in [0.15, 0.2) is 0 Å². The molecular weight excluding hydrogens is 252 g/mol. The van der Waals surface area contributed by atoms with Crippen molar-refractivity contribution in [3.63, 3.8) is 0 Å². The summed E-state index contributed by atoms with van der Waals surface area (Å²) in [4.78, 5) is 0. The summed E-state index contributed by atoms with van der Waals surface area (Å²) in [7, 11) is 0. The van der Waals surface area contributed by atoms with E-state index in [0.717, 1.165) is 5.69 Å². The second kappa shape index (κ2) is 4.72. The first kappa shape index (κ1) is 11.2. The highest BCUT2D eigenvalue weighted by Gasteiger charge is 2.08. The zero-order valence-electron chi connectivity index (χ0n) is 8.10. The number of hydrogen-bond acceptors (Lipinski definition) is 2. The number of hydrogen-bond donors (Lipinski definition) is 2. The fraction of sp³-hybridized carbons (Fsp3) is 0.100. The van der Waals surface area contributed by atoms with Crippen molar-refractivity contribution in [3.05, 3.63) is 46.0 Å². The monoisotopic (exact) mass is 259 g/mol. The molecule has 0 aliphatic rings. The maximum absolute atomic E-state index is 12.9. The van der Waals surface area contributed by atoms with Gasteiger partial charge >= 0.3 is 0 Å². The number of anilines is 1. The van der Waals surface area contributed by atoms with Gasteiger partial charge in [-0.05, 0) is 18.2 Å². The van der Waals surface area contributed by atoms with Crippen LogP contribution in [0.15, 0.2) is 24.4 Å². The standard InChI is InChI=1S/C10H8Cl2FN3/c11-8-3-6(13)4-9(12)10(8)14-5-7-1-2-15-16-7/h1-4,14H,5H2,(H,15,16). The summed E-state index contributed by atoms with van der Waals surface area (Å²) >= 11 is 11.7. The van der Waals surface area contributed by atoms with E-state index in [0.29, 0.717) is 12.2 Å². The largest absolute Gasteiger partial charge is 0.377 e. The van der Waals surface area contributed by atoms with Crippen LogP contribution in [0.2, 0.25) is 10.0 Å². The fourth-order valence-corrected chi connectivity index (χ4v) is 1.87. The van der Waals surface area contributed by atoms with Gasteiger partial charge in [-0.1, -0.05) is 23.2 Å². The third-order valence-electron chi connectivity index (χ3n) is 2.02. The summed E-state index contributed by atoms with van der Waals surface area (Å²) in [6.07, 6.45) is 1.64. The van der Waals surface area contributed by atoms with E-state index >= 15 is 0 Å². The summed E-state index contributed by atoms with van der Waals surface area (Å²) in [6.45, 7) is 0.491. The van der Waals surface area contributed by atoms with E-state index in [-0.39, 0.29) is 10.0 Å². The number of rotatable bonds is 3. The summed E-state index contributed by atoms with van der Waals surface area (Å²) < 4.78 is 12.9. The van der Waals surface area contributed by atoms with E-state index in [2.05, 4.69) is 15.5 Å². The first-order valence-electron chi connectivity index (χ1n) is 4.53. The van der Waals surface area contributed by atoms with Crippen LogP contribution in [0.5, 0.6) is 0 Å². The normalized spacial score (nSPS) is 10.4. The van der Waals surface area contributed by atoms with Crippen LogP contribution in [-0.2, 0) is 6.54 Å². The number of H-pyrrole nitrogens is 1. The molecule has 0 atom stereocenters. The average molecular weight is 260 g/mol. The first-order chi connectivity index (χ1) is 7.66. The van der Waals surface area contributed by atoms with Crippen molar-refractivity contribution in [3.8, 4) is 0 Å². The summed E-state index contributed by atoms with van der Waals surface area (Å²) in [5, 5.41) is 10.1. The molecule has 0 radical (unpaired) electrons. The molecular formula is C10H8Cl2FN3. The Morgan fingerprint density at radius 3 is 2.56 bits per heavy atom. The first-order valence-corrected chi connectivity index (χ1v) is 5.29. The van der Waals surface area contributed by atoms with Crippen LogP contribution >= 0.6 is 23.2 Å². The van der Waals surface area contributed by atoms with Crippen LogP contribution in [0.3, 0.4) is 0 Å². The molecule has 0 spiro atoms. The maximum Gasteiger partial charge on any atom is 0.126 e. The molecule has 0 unspecified atom stereocenters. The van der Waals surface area contributed by atoms with Gasteiger partial charge in [0.25, 0.3) is 0 Å². The fourth-order valence-electron chi connectivity index (χ4n) is 1.28. The van der Waals surface area contributed by atoms with Gasteiger partial charge in [0.1, 0.15) is 5.82 Å². The van der Waals surface area contributed by atoms with Gasteiger partial charge in [0.2, 0.25) is 0 Å². The van der Waals surface area contributed by atoms with Gasteiger partial charge in [-0.2, -0.15) is 5.10 Å². The van der Waals surface area contributed by atoms with Crippen LogP contribution in [0.25, 0.3) is 0 Å². The number of benzene rings is 1. The minimum atomic E-state index is -0.456. The number of nitrogens with zero attached hydrogens (tertiary/aromatic N) is 1. The smallest absolute Gasteiger partial charge is 0.126 e. The third-order valence-corrected chi connectivity index (χ3v) is 2.62. The number of aromatic amines is 1. The predicted molar refractivity (Wildman–Crippen MR) is 62.3 cm³/mol. The quantitative estimate of drug-likeness (QED) is 0.887. The predicted octanol–water partition coefficient (Wildman–Crippen LogP) is 3.47. The van der Waals surface area contributed by atoms with E-state index in [1.165, 1.54) is 12.1 Å². The topological polar surface area (TPSA) is 40.7 Å². The summed E-state index contributed by atoms with van der Waals surface area (Å²) in [5.74, 6) is -0.456.